The summed E-state index contributed by atoms with van der Waals surface area (Å²) in [6.45, 7) is 4.31. The van der Waals surface area contributed by atoms with Crippen molar-refractivity contribution in [3.63, 3.8) is 0 Å². The fourth-order valence-corrected chi connectivity index (χ4v) is 2.21. The molecule has 0 aliphatic rings. The van der Waals surface area contributed by atoms with Crippen molar-refractivity contribution in [1.29, 1.82) is 0 Å². The van der Waals surface area contributed by atoms with Gasteiger partial charge in [0.1, 0.15) is 11.0 Å². The molecule has 3 nitrogen and oxygen atoms in total. The summed E-state index contributed by atoms with van der Waals surface area (Å²) in [5, 5.41) is 5.16. The zero-order chi connectivity index (χ0) is 11.0. The van der Waals surface area contributed by atoms with Gasteiger partial charge >= 0.3 is 0 Å². The van der Waals surface area contributed by atoms with Gasteiger partial charge in [-0.2, -0.15) is 9.19 Å². The molecule has 0 N–H and O–H groups in total. The maximum Gasteiger partial charge on any atom is 0.137 e. The predicted octanol–water partition coefficient (Wildman–Crippen LogP) is 2.30. The molecule has 80 valence electrons. The van der Waals surface area contributed by atoms with Crippen molar-refractivity contribution >= 4 is 21.9 Å². The summed E-state index contributed by atoms with van der Waals surface area (Å²) in [6.07, 6.45) is 3.39. The molecule has 0 spiro atoms. The van der Waals surface area contributed by atoms with E-state index >= 15 is 0 Å². The van der Waals surface area contributed by atoms with E-state index in [0.717, 1.165) is 10.9 Å². The number of hydrogen-bond acceptors (Lipinski definition) is 2. The van der Waals surface area contributed by atoms with Crippen molar-refractivity contribution < 1.29 is 4.21 Å². The molecule has 2 rings (SSSR count). The van der Waals surface area contributed by atoms with E-state index in [1.54, 1.807) is 16.5 Å². The highest BCUT2D eigenvalue weighted by Gasteiger charge is 2.07. The Kier molecular flexibility index (Phi) is 2.61. The molecule has 0 saturated heterocycles. The topological polar surface area (TPSA) is 34.9 Å². The summed E-state index contributed by atoms with van der Waals surface area (Å²) < 4.78 is 12.9. The van der Waals surface area contributed by atoms with Gasteiger partial charge in [0.25, 0.3) is 0 Å². The van der Waals surface area contributed by atoms with Crippen molar-refractivity contribution in [2.75, 3.05) is 6.26 Å². The molecule has 1 aromatic heterocycles. The van der Waals surface area contributed by atoms with E-state index in [-0.39, 0.29) is 0 Å². The molecule has 1 heterocycles. The second-order valence-electron chi connectivity index (χ2n) is 3.91. The van der Waals surface area contributed by atoms with Crippen LogP contribution in [0.15, 0.2) is 24.4 Å². The van der Waals surface area contributed by atoms with E-state index in [9.17, 15) is 4.21 Å². The van der Waals surface area contributed by atoms with Crippen LogP contribution in [0.4, 0.5) is 0 Å². The normalized spacial score (nSPS) is 13.6. The molecule has 4 heteroatoms. The quantitative estimate of drug-likeness (QED) is 0.781. The highest BCUT2D eigenvalue weighted by Crippen LogP contribution is 2.21. The Labute approximate surface area is 91.7 Å². The first-order valence-electron chi connectivity index (χ1n) is 4.91. The first-order chi connectivity index (χ1) is 7.09. The minimum atomic E-state index is -1.08. The fraction of sp³-hybridized carbons (Fsp3) is 0.364. The van der Waals surface area contributed by atoms with Crippen LogP contribution in [0, 0.1) is 0 Å². The minimum Gasteiger partial charge on any atom is -0.235 e. The monoisotopic (exact) mass is 222 g/mol. The Morgan fingerprint density at radius 3 is 2.73 bits per heavy atom. The maximum atomic E-state index is 11.4. The molecule has 2 aromatic rings. The van der Waals surface area contributed by atoms with Gasteiger partial charge in [-0.15, -0.1) is 0 Å². The van der Waals surface area contributed by atoms with Crippen LogP contribution < -0.4 is 0 Å². The van der Waals surface area contributed by atoms with E-state index in [1.165, 1.54) is 5.56 Å². The van der Waals surface area contributed by atoms with Crippen LogP contribution in [0.1, 0.15) is 25.3 Å². The second kappa shape index (κ2) is 3.77. The van der Waals surface area contributed by atoms with E-state index in [2.05, 4.69) is 31.1 Å². The summed E-state index contributed by atoms with van der Waals surface area (Å²) in [6, 6.07) is 6.16. The zero-order valence-corrected chi connectivity index (χ0v) is 9.91. The van der Waals surface area contributed by atoms with Gasteiger partial charge in [0.2, 0.25) is 0 Å². The van der Waals surface area contributed by atoms with E-state index in [0.29, 0.717) is 5.92 Å². The lowest BCUT2D eigenvalue weighted by molar-refractivity contribution is 0.677. The van der Waals surface area contributed by atoms with Crippen molar-refractivity contribution in [3.8, 4) is 0 Å². The van der Waals surface area contributed by atoms with Crippen LogP contribution in [-0.4, -0.2) is 19.7 Å². The van der Waals surface area contributed by atoms with Gasteiger partial charge in [0, 0.05) is 11.6 Å². The number of fused-ring (bicyclic) bond motifs is 1. The number of benzene rings is 1. The molecule has 0 aliphatic carbocycles. The minimum absolute atomic E-state index is 0.505. The molecule has 0 radical (unpaired) electrons. The van der Waals surface area contributed by atoms with Gasteiger partial charge in [-0.1, -0.05) is 19.9 Å². The van der Waals surface area contributed by atoms with Crippen LogP contribution in [-0.2, 0) is 11.0 Å². The third-order valence-corrected chi connectivity index (χ3v) is 3.25. The molecule has 1 atom stereocenters. The van der Waals surface area contributed by atoms with Gasteiger partial charge in [-0.05, 0) is 23.6 Å². The summed E-state index contributed by atoms with van der Waals surface area (Å²) in [5.41, 5.74) is 2.21. The van der Waals surface area contributed by atoms with Crippen molar-refractivity contribution in [1.82, 2.24) is 9.19 Å². The number of aromatic nitrogens is 2. The van der Waals surface area contributed by atoms with Crippen LogP contribution in [0.5, 0.6) is 0 Å². The molecular weight excluding hydrogens is 208 g/mol. The maximum absolute atomic E-state index is 11.4. The van der Waals surface area contributed by atoms with Gasteiger partial charge in [0.05, 0.1) is 11.7 Å². The third-order valence-electron chi connectivity index (χ3n) is 2.47. The average molecular weight is 222 g/mol. The van der Waals surface area contributed by atoms with Crippen LogP contribution in [0.2, 0.25) is 0 Å². The predicted molar refractivity (Wildman–Crippen MR) is 63.3 cm³/mol. The first-order valence-corrected chi connectivity index (χ1v) is 6.42. The standard InChI is InChI=1S/C11H14N2OS/c1-8(2)9-4-5-11-10(6-9)7-12-13(11)15(3)14/h4-8H,1-3H3. The highest BCUT2D eigenvalue weighted by atomic mass is 32.2. The largest absolute Gasteiger partial charge is 0.235 e. The smallest absolute Gasteiger partial charge is 0.137 e. The molecule has 0 bridgehead atoms. The number of rotatable bonds is 2. The second-order valence-corrected chi connectivity index (χ2v) is 5.11. The molecular formula is C11H14N2OS. The lowest BCUT2D eigenvalue weighted by Gasteiger charge is -2.05. The SMILES string of the molecule is CC(C)c1ccc2c(cnn2S(C)=O)c1. The zero-order valence-electron chi connectivity index (χ0n) is 9.10. The Hall–Kier alpha value is -1.16. The van der Waals surface area contributed by atoms with E-state index in [1.807, 2.05) is 6.07 Å². The lowest BCUT2D eigenvalue weighted by atomic mass is 10.0. The molecule has 0 aliphatic heterocycles. The van der Waals surface area contributed by atoms with Gasteiger partial charge in [0.15, 0.2) is 0 Å². The summed E-state index contributed by atoms with van der Waals surface area (Å²) in [5.74, 6) is 0.505. The highest BCUT2D eigenvalue weighted by molar-refractivity contribution is 7.82. The summed E-state index contributed by atoms with van der Waals surface area (Å²) in [4.78, 5) is 0. The van der Waals surface area contributed by atoms with E-state index < -0.39 is 11.0 Å². The molecule has 15 heavy (non-hydrogen) atoms. The molecule has 0 amide bonds. The van der Waals surface area contributed by atoms with Crippen LogP contribution >= 0.6 is 0 Å². The number of hydrogen-bond donors (Lipinski definition) is 0. The van der Waals surface area contributed by atoms with Gasteiger partial charge in [-0.3, -0.25) is 0 Å². The Balaban J connectivity index is 2.61. The summed E-state index contributed by atoms with van der Waals surface area (Å²) >= 11 is 0. The Morgan fingerprint density at radius 1 is 1.40 bits per heavy atom. The summed E-state index contributed by atoms with van der Waals surface area (Å²) in [7, 11) is -1.08. The Morgan fingerprint density at radius 2 is 2.13 bits per heavy atom. The van der Waals surface area contributed by atoms with Gasteiger partial charge in [-0.25, -0.2) is 4.21 Å². The molecule has 1 aromatic carbocycles. The molecule has 0 fully saturated rings. The van der Waals surface area contributed by atoms with E-state index in [4.69, 9.17) is 0 Å². The van der Waals surface area contributed by atoms with Crippen LogP contribution in [0.25, 0.3) is 10.9 Å². The lowest BCUT2D eigenvalue weighted by Crippen LogP contribution is -2.02. The fourth-order valence-electron chi connectivity index (χ4n) is 1.59. The third kappa shape index (κ3) is 1.81. The van der Waals surface area contributed by atoms with Crippen molar-refractivity contribution in [2.24, 2.45) is 0 Å². The van der Waals surface area contributed by atoms with Gasteiger partial charge < -0.3 is 0 Å². The average Bonchev–Trinajstić information content (AvgIpc) is 2.59. The molecule has 0 saturated carbocycles. The van der Waals surface area contributed by atoms with Crippen LogP contribution in [0.3, 0.4) is 0 Å². The number of nitrogens with zero attached hydrogens (tertiary/aromatic N) is 2. The first kappa shape index (κ1) is 10.4. The van der Waals surface area contributed by atoms with Crippen molar-refractivity contribution in [3.05, 3.63) is 30.0 Å². The van der Waals surface area contributed by atoms with Crippen molar-refractivity contribution in [2.45, 2.75) is 19.8 Å². The molecule has 1 unspecified atom stereocenters. The Bertz CT molecular complexity index is 516.